The number of imide groups is 1. The molecular weight excluding hydrogens is 832 g/mol. The molecule has 6 aliphatic rings. The van der Waals surface area contributed by atoms with Gasteiger partial charge in [0.1, 0.15) is 66.7 Å². The third kappa shape index (κ3) is 9.29. The van der Waals surface area contributed by atoms with Crippen LogP contribution in [0.4, 0.5) is 4.79 Å². The first kappa shape index (κ1) is 44.4. The third-order valence-corrected chi connectivity index (χ3v) is 14.7. The predicted octanol–water partition coefficient (Wildman–Crippen LogP) is -5.52. The fraction of sp³-hybridized carbons (Fsp3) is 0.852. The van der Waals surface area contributed by atoms with Crippen LogP contribution in [0.3, 0.4) is 0 Å². The second-order valence-electron chi connectivity index (χ2n) is 14.7. The van der Waals surface area contributed by atoms with Crippen molar-refractivity contribution in [1.29, 1.82) is 0 Å². The van der Waals surface area contributed by atoms with Crippen LogP contribution in [0.25, 0.3) is 0 Å². The number of phosphoric ester groups is 2. The second kappa shape index (κ2) is 16.7. The maximum atomic E-state index is 13.0. The molecule has 324 valence electrons. The molecule has 3 amide bonds. The number of hydrogen-bond donors (Lipinski definition) is 12. The van der Waals surface area contributed by atoms with Gasteiger partial charge in [-0.25, -0.2) is 18.8 Å². The van der Waals surface area contributed by atoms with Crippen LogP contribution in [0.5, 0.6) is 0 Å². The maximum absolute atomic E-state index is 13.0. The van der Waals surface area contributed by atoms with Crippen molar-refractivity contribution in [3.8, 4) is 0 Å². The van der Waals surface area contributed by atoms with Gasteiger partial charge in [0.25, 0.3) is 0 Å². The lowest BCUT2D eigenvalue weighted by molar-refractivity contribution is -0.146. The highest BCUT2D eigenvalue weighted by molar-refractivity contribution is 7.83. The van der Waals surface area contributed by atoms with Gasteiger partial charge >= 0.3 is 32.0 Å². The molecule has 27 nitrogen and oxygen atoms in total. The van der Waals surface area contributed by atoms with Crippen LogP contribution in [0.15, 0.2) is 9.98 Å². The van der Waals surface area contributed by atoms with Gasteiger partial charge in [-0.05, 0) is 24.7 Å². The van der Waals surface area contributed by atoms with E-state index in [1.165, 1.54) is 9.80 Å². The number of aliphatic hydroxyl groups excluding tert-OH is 5. The monoisotopic (exact) mass is 879 g/mol. The number of nitrogens with zero attached hydrogens (tertiary/aromatic N) is 5. The van der Waals surface area contributed by atoms with Crippen molar-refractivity contribution >= 4 is 49.4 Å². The molecule has 6 rings (SSSR count). The number of ether oxygens (including phenoxy) is 1. The lowest BCUT2D eigenvalue weighted by Gasteiger charge is -2.58. The molecular formula is C27H47N9O18P2S. The minimum absolute atomic E-state index is 0.0129. The predicted molar refractivity (Wildman–Crippen MR) is 188 cm³/mol. The van der Waals surface area contributed by atoms with E-state index in [0.717, 1.165) is 0 Å². The van der Waals surface area contributed by atoms with Crippen molar-refractivity contribution in [3.05, 3.63) is 0 Å². The number of carbonyl (C=O) groups is 2. The number of nitrogens with one attached hydrogen (secondary N) is 3. The third-order valence-electron chi connectivity index (χ3n) is 11.0. The van der Waals surface area contributed by atoms with Crippen LogP contribution >= 0.6 is 15.6 Å². The number of urea groups is 1. The Hall–Kier alpha value is -2.15. The van der Waals surface area contributed by atoms with Gasteiger partial charge in [-0.1, -0.05) is 13.8 Å². The molecule has 16 atom stereocenters. The van der Waals surface area contributed by atoms with Gasteiger partial charge < -0.3 is 51.1 Å². The summed E-state index contributed by atoms with van der Waals surface area (Å²) in [4.78, 5) is 56.8. The Labute approximate surface area is 324 Å². The zero-order valence-corrected chi connectivity index (χ0v) is 32.9. The lowest BCUT2D eigenvalue weighted by atomic mass is 9.73. The Kier molecular flexibility index (Phi) is 13.0. The summed E-state index contributed by atoms with van der Waals surface area (Å²) in [6.45, 7) is 1.01. The molecule has 4 fully saturated rings. The highest BCUT2D eigenvalue weighted by atomic mass is 32.2. The quantitative estimate of drug-likeness (QED) is 0.0572. The molecule has 0 aromatic heterocycles. The Morgan fingerprint density at radius 2 is 1.65 bits per heavy atom. The van der Waals surface area contributed by atoms with Crippen molar-refractivity contribution in [2.24, 2.45) is 27.6 Å². The first-order valence-corrected chi connectivity index (χ1v) is 22.1. The summed E-state index contributed by atoms with van der Waals surface area (Å²) in [6.07, 6.45) is -13.9. The number of amides is 3. The van der Waals surface area contributed by atoms with Crippen molar-refractivity contribution in [1.82, 2.24) is 30.1 Å². The van der Waals surface area contributed by atoms with Gasteiger partial charge in [-0.3, -0.25) is 43.9 Å². The fourth-order valence-electron chi connectivity index (χ4n) is 8.02. The van der Waals surface area contributed by atoms with Gasteiger partial charge in [0, 0.05) is 18.6 Å². The maximum Gasteiger partial charge on any atom is 0.481 e. The van der Waals surface area contributed by atoms with Gasteiger partial charge in [-0.2, -0.15) is 17.0 Å². The van der Waals surface area contributed by atoms with Gasteiger partial charge in [0.2, 0.25) is 5.91 Å². The summed E-state index contributed by atoms with van der Waals surface area (Å²) in [7, 11) is -16.1. The normalized spacial score (nSPS) is 38.9. The molecule has 0 aromatic carbocycles. The van der Waals surface area contributed by atoms with Crippen LogP contribution in [0, 0.1) is 11.8 Å². The lowest BCUT2D eigenvalue weighted by Crippen LogP contribution is -2.81. The molecule has 5 heterocycles. The average molecular weight is 880 g/mol. The number of rotatable bonds is 14. The Morgan fingerprint density at radius 3 is 2.32 bits per heavy atom. The number of aliphatic imine (C=N–C) groups is 2. The van der Waals surface area contributed by atoms with Gasteiger partial charge in [0.05, 0.1) is 32.7 Å². The van der Waals surface area contributed by atoms with Crippen molar-refractivity contribution in [2.45, 2.75) is 100.0 Å². The highest BCUT2D eigenvalue weighted by Gasteiger charge is 2.59. The molecule has 57 heavy (non-hydrogen) atoms. The van der Waals surface area contributed by atoms with E-state index in [0.29, 0.717) is 10.0 Å². The van der Waals surface area contributed by atoms with Gasteiger partial charge in [0.15, 0.2) is 0 Å². The minimum atomic E-state index is -5.59. The van der Waals surface area contributed by atoms with Crippen molar-refractivity contribution in [2.75, 3.05) is 33.1 Å². The number of aliphatic hydroxyl groups is 5. The molecule has 30 heteroatoms. The number of carbonyl (C=O) groups excluding carboxylic acids is 2. The molecule has 0 aromatic rings. The topological polar surface area (TPSA) is 398 Å². The van der Waals surface area contributed by atoms with E-state index < -0.39 is 131 Å². The molecule has 0 bridgehead atoms. The molecule has 13 N–H and O–H groups in total. The van der Waals surface area contributed by atoms with E-state index in [4.69, 9.17) is 15.0 Å². The molecule has 1 aliphatic carbocycles. The molecule has 3 saturated heterocycles. The number of nitrogens with two attached hydrogens (primary N) is 1. The Balaban J connectivity index is 1.04. The average Bonchev–Trinajstić information content (AvgIpc) is 3.66. The van der Waals surface area contributed by atoms with Crippen LogP contribution in [-0.2, 0) is 42.3 Å². The second-order valence-corrected chi connectivity index (χ2v) is 19.1. The zero-order chi connectivity index (χ0) is 41.9. The molecule has 9 unspecified atom stereocenters. The number of β-amino-alcohol motifs (C(OH)–C–C–N with tert-alkyl or cyclic N) is 1. The van der Waals surface area contributed by atoms with Crippen molar-refractivity contribution < 1.29 is 85.1 Å². The number of hydrogen-bond acceptors (Lipinski definition) is 21. The zero-order valence-electron chi connectivity index (χ0n) is 30.3. The first-order chi connectivity index (χ1) is 26.5. The molecule has 5 aliphatic heterocycles. The summed E-state index contributed by atoms with van der Waals surface area (Å²) in [5, 5.41) is 61.0. The van der Waals surface area contributed by atoms with Crippen LogP contribution in [-0.4, -0.2) is 192 Å². The molecule has 0 radical (unpaired) electrons. The van der Waals surface area contributed by atoms with E-state index in [1.54, 1.807) is 0 Å². The van der Waals surface area contributed by atoms with E-state index in [9.17, 15) is 67.0 Å². The standard InChI is InChI=1S/C27H47N9O18P2S/c1-10-3-12-13(4-11(10)2)36(57(48,49)50)18-24(32-27(43)33-25(18)42)34(12)5-14(37)19(39)15(38)6-51-55(44,45)54-56(46,47)52-7-16-20(40)21(41)26(53-16)35-9-31-17-22(28)29-8-30-23(17)35/h10-16,18-21,23-24,26,30,37-41H,3-9H2,1-2H3,(H2,28,29)(H,44,45)(H,46,47)(H,48,49,50)(H2,32,33,42,43)/t10?,11?,12?,13?,14-,15+,16+,18?,19-,20+,21+,23?,24?,26+/m0/s1. The summed E-state index contributed by atoms with van der Waals surface area (Å²) in [5.74, 6) is -1.02. The minimum Gasteiger partial charge on any atom is -0.389 e. The van der Waals surface area contributed by atoms with Crippen LogP contribution in [0.1, 0.15) is 26.7 Å². The Bertz CT molecular complexity index is 1830. The number of phosphoric acid groups is 2. The Morgan fingerprint density at radius 1 is 1.00 bits per heavy atom. The molecule has 1 saturated carbocycles. The molecule has 0 spiro atoms. The van der Waals surface area contributed by atoms with Gasteiger partial charge in [-0.15, -0.1) is 0 Å². The van der Waals surface area contributed by atoms with Crippen LogP contribution in [0.2, 0.25) is 0 Å². The smallest absolute Gasteiger partial charge is 0.389 e. The van der Waals surface area contributed by atoms with E-state index in [-0.39, 0.29) is 43.9 Å². The summed E-state index contributed by atoms with van der Waals surface area (Å²) in [6, 6.07) is -4.56. The summed E-state index contributed by atoms with van der Waals surface area (Å²) in [5.41, 5.74) is 6.24. The highest BCUT2D eigenvalue weighted by Crippen LogP contribution is 2.60. The summed E-state index contributed by atoms with van der Waals surface area (Å²) < 4.78 is 80.4. The van der Waals surface area contributed by atoms with E-state index >= 15 is 0 Å². The number of amidine groups is 1. The van der Waals surface area contributed by atoms with Crippen LogP contribution < -0.4 is 21.7 Å². The van der Waals surface area contributed by atoms with E-state index in [1.807, 2.05) is 19.2 Å². The van der Waals surface area contributed by atoms with Crippen molar-refractivity contribution in [3.63, 3.8) is 0 Å². The fourth-order valence-corrected chi connectivity index (χ4v) is 11.2. The summed E-state index contributed by atoms with van der Waals surface area (Å²) >= 11 is 0. The number of fused-ring (bicyclic) bond motifs is 3. The number of piperazine rings is 1. The first-order valence-electron chi connectivity index (χ1n) is 17.7. The largest absolute Gasteiger partial charge is 0.481 e. The SMILES string of the molecule is CC1CC2C(CC1C)N(S(=O)(=O)O)C1C(=O)NC(=O)NC1N2C[C@H](O)[C@H](O)[C@H](O)COP(=O)(O)OP(=O)(O)OC[C@H]1O[C@@H](N2CN=C3C(N)=NCNC32)[C@H](O)[C@@H]1O. The van der Waals surface area contributed by atoms with E-state index in [2.05, 4.69) is 29.5 Å².